The largest absolute Gasteiger partial charge is 0.390 e. The highest BCUT2D eigenvalue weighted by molar-refractivity contribution is 5.85. The molecule has 1 aromatic heterocycles. The van der Waals surface area contributed by atoms with E-state index >= 15 is 0 Å². The molecule has 0 atom stereocenters. The second-order valence-corrected chi connectivity index (χ2v) is 6.17. The molecule has 0 fully saturated rings. The summed E-state index contributed by atoms with van der Waals surface area (Å²) in [4.78, 5) is 0. The minimum Gasteiger partial charge on any atom is -0.390 e. The topological polar surface area (TPSA) is 25.2 Å². The van der Waals surface area contributed by atoms with Gasteiger partial charge in [0.2, 0.25) is 0 Å². The van der Waals surface area contributed by atoms with Crippen molar-refractivity contribution in [1.82, 2.24) is 4.57 Å². The molecule has 0 aliphatic carbocycles. The molecule has 98 valence electrons. The molecule has 0 unspecified atom stereocenters. The van der Waals surface area contributed by atoms with E-state index < -0.39 is 5.60 Å². The Kier molecular flexibility index (Phi) is 3.24. The lowest BCUT2D eigenvalue weighted by Crippen LogP contribution is -2.21. The van der Waals surface area contributed by atoms with Crippen LogP contribution in [0.25, 0.3) is 10.9 Å². The van der Waals surface area contributed by atoms with Crippen LogP contribution in [0.4, 0.5) is 0 Å². The van der Waals surface area contributed by atoms with Gasteiger partial charge >= 0.3 is 0 Å². The summed E-state index contributed by atoms with van der Waals surface area (Å²) in [5, 5.41) is 11.3. The number of hydrogen-bond donors (Lipinski definition) is 1. The summed E-state index contributed by atoms with van der Waals surface area (Å²) >= 11 is 0. The molecule has 2 rings (SSSR count). The van der Waals surface area contributed by atoms with Crippen LogP contribution >= 0.6 is 0 Å². The normalized spacial score (nSPS) is 12.6. The molecule has 1 N–H and O–H groups in total. The number of nitrogens with zero attached hydrogens (tertiary/aromatic N) is 1. The number of benzene rings is 1. The quantitative estimate of drug-likeness (QED) is 0.873. The van der Waals surface area contributed by atoms with Crippen molar-refractivity contribution < 1.29 is 5.11 Å². The molecular formula is C16H23NO. The summed E-state index contributed by atoms with van der Waals surface area (Å²) in [6, 6.07) is 6.98. The third kappa shape index (κ3) is 2.59. The Morgan fingerprint density at radius 3 is 2.50 bits per heavy atom. The molecule has 2 aromatic rings. The van der Waals surface area contributed by atoms with Crippen LogP contribution in [0, 0.1) is 6.92 Å². The highest BCUT2D eigenvalue weighted by atomic mass is 16.3. The Morgan fingerprint density at radius 1 is 1.28 bits per heavy atom. The Morgan fingerprint density at radius 2 is 1.94 bits per heavy atom. The van der Waals surface area contributed by atoms with Gasteiger partial charge in [-0.3, -0.25) is 0 Å². The molecule has 0 aliphatic rings. The lowest BCUT2D eigenvalue weighted by molar-refractivity contribution is 0.0813. The van der Waals surface area contributed by atoms with E-state index in [1.807, 2.05) is 13.8 Å². The molecule has 0 bridgehead atoms. The Bertz CT molecular complexity index is 558. The van der Waals surface area contributed by atoms with E-state index in [0.29, 0.717) is 12.5 Å². The highest BCUT2D eigenvalue weighted by Gasteiger charge is 2.18. The van der Waals surface area contributed by atoms with Gasteiger partial charge in [0.1, 0.15) is 0 Å². The zero-order valence-corrected chi connectivity index (χ0v) is 12.0. The average Bonchev–Trinajstić information content (AvgIpc) is 2.54. The van der Waals surface area contributed by atoms with Gasteiger partial charge in [-0.2, -0.15) is 0 Å². The fourth-order valence-corrected chi connectivity index (χ4v) is 2.47. The van der Waals surface area contributed by atoms with E-state index in [1.165, 1.54) is 22.0 Å². The zero-order valence-electron chi connectivity index (χ0n) is 12.0. The number of aromatic nitrogens is 1. The van der Waals surface area contributed by atoms with Gasteiger partial charge in [0.15, 0.2) is 0 Å². The maximum atomic E-state index is 10.0. The predicted molar refractivity (Wildman–Crippen MR) is 77.1 cm³/mol. The smallest absolute Gasteiger partial charge is 0.0632 e. The van der Waals surface area contributed by atoms with Crippen LogP contribution in [0.15, 0.2) is 24.4 Å². The van der Waals surface area contributed by atoms with E-state index in [0.717, 1.165) is 0 Å². The lowest BCUT2D eigenvalue weighted by Gasteiger charge is -2.16. The summed E-state index contributed by atoms with van der Waals surface area (Å²) in [6.07, 6.45) is 2.87. The van der Waals surface area contributed by atoms with Gasteiger partial charge in [-0.1, -0.05) is 11.6 Å². The fraction of sp³-hybridized carbons (Fsp3) is 0.500. The summed E-state index contributed by atoms with van der Waals surface area (Å²) in [6.45, 7) is 10.2. The van der Waals surface area contributed by atoms with Gasteiger partial charge in [0.25, 0.3) is 0 Å². The highest BCUT2D eigenvalue weighted by Crippen LogP contribution is 2.28. The van der Waals surface area contributed by atoms with Crippen LogP contribution < -0.4 is 0 Å². The third-order valence-corrected chi connectivity index (χ3v) is 3.25. The van der Waals surface area contributed by atoms with Crippen molar-refractivity contribution in [2.24, 2.45) is 0 Å². The van der Waals surface area contributed by atoms with E-state index in [2.05, 4.69) is 49.7 Å². The number of hydrogen-bond acceptors (Lipinski definition) is 1. The first kappa shape index (κ1) is 13.2. The second kappa shape index (κ2) is 4.43. The van der Waals surface area contributed by atoms with Crippen molar-refractivity contribution in [1.29, 1.82) is 0 Å². The van der Waals surface area contributed by atoms with Crippen LogP contribution in [-0.2, 0) is 6.42 Å². The first-order valence-electron chi connectivity index (χ1n) is 6.60. The Labute approximate surface area is 109 Å². The summed E-state index contributed by atoms with van der Waals surface area (Å²) in [5.74, 6) is 0. The SMILES string of the molecule is Cc1ccc2c(c1)c(CC(C)(C)O)cn2C(C)C. The number of fused-ring (bicyclic) bond motifs is 1. The summed E-state index contributed by atoms with van der Waals surface area (Å²) in [5.41, 5.74) is 3.09. The maximum Gasteiger partial charge on any atom is 0.0632 e. The second-order valence-electron chi connectivity index (χ2n) is 6.17. The number of rotatable bonds is 3. The van der Waals surface area contributed by atoms with Crippen LogP contribution in [0.2, 0.25) is 0 Å². The number of aryl methyl sites for hydroxylation is 1. The monoisotopic (exact) mass is 245 g/mol. The first-order valence-corrected chi connectivity index (χ1v) is 6.60. The van der Waals surface area contributed by atoms with Crippen molar-refractivity contribution >= 4 is 10.9 Å². The molecule has 0 radical (unpaired) electrons. The number of aliphatic hydroxyl groups is 1. The van der Waals surface area contributed by atoms with Crippen LogP contribution in [0.5, 0.6) is 0 Å². The van der Waals surface area contributed by atoms with Crippen molar-refractivity contribution in [3.8, 4) is 0 Å². The van der Waals surface area contributed by atoms with Crippen LogP contribution in [0.1, 0.15) is 44.9 Å². The van der Waals surface area contributed by atoms with Gasteiger partial charge < -0.3 is 9.67 Å². The third-order valence-electron chi connectivity index (χ3n) is 3.25. The van der Waals surface area contributed by atoms with Crippen molar-refractivity contribution in [2.45, 2.75) is 52.7 Å². The molecular weight excluding hydrogens is 222 g/mol. The van der Waals surface area contributed by atoms with E-state index in [-0.39, 0.29) is 0 Å². The van der Waals surface area contributed by atoms with E-state index in [4.69, 9.17) is 0 Å². The standard InChI is InChI=1S/C16H23NO/c1-11(2)17-10-13(9-16(4,5)18)14-8-12(3)6-7-15(14)17/h6-8,10-11,18H,9H2,1-5H3. The molecule has 18 heavy (non-hydrogen) atoms. The maximum absolute atomic E-state index is 10.0. The molecule has 2 heteroatoms. The van der Waals surface area contributed by atoms with Crippen molar-refractivity contribution in [2.75, 3.05) is 0 Å². The van der Waals surface area contributed by atoms with Gasteiger partial charge in [0, 0.05) is 29.6 Å². The molecule has 1 aromatic carbocycles. The lowest BCUT2D eigenvalue weighted by atomic mass is 9.98. The molecule has 1 heterocycles. The minimum absolute atomic E-state index is 0.436. The predicted octanol–water partition coefficient (Wildman–Crippen LogP) is 3.84. The first-order chi connectivity index (χ1) is 8.28. The van der Waals surface area contributed by atoms with Gasteiger partial charge in [0.05, 0.1) is 5.60 Å². The Balaban J connectivity index is 2.62. The summed E-state index contributed by atoms with van der Waals surface area (Å²) in [7, 11) is 0. The fourth-order valence-electron chi connectivity index (χ4n) is 2.47. The Hall–Kier alpha value is -1.28. The van der Waals surface area contributed by atoms with Crippen molar-refractivity contribution in [3.63, 3.8) is 0 Å². The average molecular weight is 245 g/mol. The molecule has 2 nitrogen and oxygen atoms in total. The van der Waals surface area contributed by atoms with Crippen LogP contribution in [0.3, 0.4) is 0 Å². The van der Waals surface area contributed by atoms with Crippen LogP contribution in [-0.4, -0.2) is 15.3 Å². The van der Waals surface area contributed by atoms with Crippen molar-refractivity contribution in [3.05, 3.63) is 35.5 Å². The summed E-state index contributed by atoms with van der Waals surface area (Å²) < 4.78 is 2.29. The zero-order chi connectivity index (χ0) is 13.5. The molecule has 0 aliphatic heterocycles. The van der Waals surface area contributed by atoms with Gasteiger partial charge in [-0.05, 0) is 52.3 Å². The van der Waals surface area contributed by atoms with E-state index in [9.17, 15) is 5.11 Å². The molecule has 0 saturated heterocycles. The molecule has 0 spiro atoms. The van der Waals surface area contributed by atoms with Gasteiger partial charge in [-0.15, -0.1) is 0 Å². The molecule has 0 saturated carbocycles. The minimum atomic E-state index is -0.667. The molecule has 0 amide bonds. The van der Waals surface area contributed by atoms with E-state index in [1.54, 1.807) is 0 Å². The van der Waals surface area contributed by atoms with Gasteiger partial charge in [-0.25, -0.2) is 0 Å².